The molecule has 33 heavy (non-hydrogen) atoms. The normalized spacial score (nSPS) is 11.2. The molecule has 0 aliphatic heterocycles. The molecule has 0 unspecified atom stereocenters. The fraction of sp³-hybridized carbons (Fsp3) is 0.400. The summed E-state index contributed by atoms with van der Waals surface area (Å²) in [6.45, 7) is 7.66. The number of unbranched alkanes of at least 4 members (excludes halogenated alkanes) is 2. The van der Waals surface area contributed by atoms with Gasteiger partial charge >= 0.3 is 5.69 Å². The molecule has 0 amide bonds. The van der Waals surface area contributed by atoms with Crippen LogP contribution >= 0.6 is 0 Å². The predicted octanol–water partition coefficient (Wildman–Crippen LogP) is 4.39. The van der Waals surface area contributed by atoms with Crippen molar-refractivity contribution in [3.8, 4) is 22.6 Å². The third-order valence-corrected chi connectivity index (χ3v) is 6.04. The van der Waals surface area contributed by atoms with Crippen LogP contribution in [-0.2, 0) is 19.5 Å². The van der Waals surface area contributed by atoms with Gasteiger partial charge in [0, 0.05) is 35.3 Å². The topological polar surface area (TPSA) is 94.3 Å². The zero-order chi connectivity index (χ0) is 23.2. The summed E-state index contributed by atoms with van der Waals surface area (Å²) in [6.07, 6.45) is 7.15. The van der Waals surface area contributed by atoms with Gasteiger partial charge in [-0.15, -0.1) is 5.10 Å². The molecule has 172 valence electrons. The molecule has 0 fully saturated rings. The number of nitrogens with zero attached hydrogens (tertiary/aromatic N) is 6. The maximum atomic E-state index is 13.2. The summed E-state index contributed by atoms with van der Waals surface area (Å²) in [4.78, 5) is 17.9. The van der Waals surface area contributed by atoms with E-state index < -0.39 is 0 Å². The van der Waals surface area contributed by atoms with E-state index in [9.17, 15) is 4.79 Å². The molecule has 0 bridgehead atoms. The van der Waals surface area contributed by atoms with Crippen molar-refractivity contribution >= 4 is 0 Å². The van der Waals surface area contributed by atoms with Gasteiger partial charge < -0.3 is 0 Å². The lowest BCUT2D eigenvalue weighted by Gasteiger charge is -2.10. The maximum absolute atomic E-state index is 13.2. The molecule has 1 N–H and O–H groups in total. The number of nitrogens with one attached hydrogen (secondary N) is 1. The molecule has 8 nitrogen and oxygen atoms in total. The van der Waals surface area contributed by atoms with Gasteiger partial charge in [-0.05, 0) is 48.2 Å². The van der Waals surface area contributed by atoms with E-state index in [0.29, 0.717) is 12.4 Å². The third kappa shape index (κ3) is 4.79. The number of hydrogen-bond acceptors (Lipinski definition) is 5. The molecule has 0 spiro atoms. The lowest BCUT2D eigenvalue weighted by Crippen LogP contribution is -2.26. The summed E-state index contributed by atoms with van der Waals surface area (Å²) in [7, 11) is 0. The Labute approximate surface area is 193 Å². The molecule has 0 aliphatic rings. The molecule has 8 heteroatoms. The molecule has 0 aliphatic carbocycles. The van der Waals surface area contributed by atoms with Gasteiger partial charge in [-0.25, -0.2) is 9.89 Å². The number of benzene rings is 1. The number of aromatic amines is 1. The first-order valence-electron chi connectivity index (χ1n) is 11.7. The van der Waals surface area contributed by atoms with E-state index in [4.69, 9.17) is 4.98 Å². The number of aromatic nitrogens is 7. The average Bonchev–Trinajstić information content (AvgIpc) is 3.45. The Morgan fingerprint density at radius 1 is 0.970 bits per heavy atom. The van der Waals surface area contributed by atoms with Gasteiger partial charge in [0.1, 0.15) is 0 Å². The largest absolute Gasteiger partial charge is 0.328 e. The zero-order valence-electron chi connectivity index (χ0n) is 19.6. The second-order valence-electron chi connectivity index (χ2n) is 8.36. The van der Waals surface area contributed by atoms with E-state index in [2.05, 4.69) is 41.4 Å². The Morgan fingerprint density at radius 3 is 2.45 bits per heavy atom. The number of tetrazole rings is 1. The second kappa shape index (κ2) is 10.4. The standard InChI is InChI=1S/C25H31N7O/c1-4-6-7-12-23-18(3)31(15-5-2)25(33)32(23)17-19-13-14-22(26-16-19)20-10-8-9-11-21(20)24-27-29-30-28-24/h8-11,13-14,16H,4-7,12,15,17H2,1-3H3,(H,27,28,29,30). The van der Waals surface area contributed by atoms with Crippen LogP contribution in [0.15, 0.2) is 47.4 Å². The van der Waals surface area contributed by atoms with Crippen LogP contribution in [0.4, 0.5) is 0 Å². The Balaban J connectivity index is 1.63. The van der Waals surface area contributed by atoms with Crippen molar-refractivity contribution in [1.29, 1.82) is 0 Å². The van der Waals surface area contributed by atoms with Crippen LogP contribution in [0.1, 0.15) is 56.5 Å². The van der Waals surface area contributed by atoms with Crippen molar-refractivity contribution in [2.45, 2.75) is 66.0 Å². The van der Waals surface area contributed by atoms with Gasteiger partial charge in [0.2, 0.25) is 0 Å². The first-order chi connectivity index (χ1) is 16.1. The number of rotatable bonds is 10. The fourth-order valence-corrected chi connectivity index (χ4v) is 4.31. The van der Waals surface area contributed by atoms with Crippen LogP contribution in [0.25, 0.3) is 22.6 Å². The molecule has 0 saturated heterocycles. The lowest BCUT2D eigenvalue weighted by molar-refractivity contribution is 0.609. The fourth-order valence-electron chi connectivity index (χ4n) is 4.31. The van der Waals surface area contributed by atoms with Crippen molar-refractivity contribution in [1.82, 2.24) is 34.7 Å². The molecular formula is C25H31N7O. The van der Waals surface area contributed by atoms with E-state index in [1.54, 1.807) is 0 Å². The Morgan fingerprint density at radius 2 is 1.79 bits per heavy atom. The molecule has 4 aromatic rings. The van der Waals surface area contributed by atoms with Gasteiger partial charge in [0.15, 0.2) is 5.82 Å². The Kier molecular flexibility index (Phi) is 7.12. The second-order valence-corrected chi connectivity index (χ2v) is 8.36. The van der Waals surface area contributed by atoms with Gasteiger partial charge in [0.05, 0.1) is 12.2 Å². The average molecular weight is 446 g/mol. The monoisotopic (exact) mass is 445 g/mol. The summed E-state index contributed by atoms with van der Waals surface area (Å²) in [6, 6.07) is 11.9. The van der Waals surface area contributed by atoms with Crippen LogP contribution in [0.2, 0.25) is 0 Å². The number of H-pyrrole nitrogens is 1. The highest BCUT2D eigenvalue weighted by Crippen LogP contribution is 2.28. The van der Waals surface area contributed by atoms with E-state index in [0.717, 1.165) is 66.0 Å². The van der Waals surface area contributed by atoms with Crippen molar-refractivity contribution in [2.75, 3.05) is 0 Å². The summed E-state index contributed by atoms with van der Waals surface area (Å²) >= 11 is 0. The molecule has 3 heterocycles. The van der Waals surface area contributed by atoms with Gasteiger partial charge in [0.25, 0.3) is 0 Å². The zero-order valence-corrected chi connectivity index (χ0v) is 19.6. The summed E-state index contributed by atoms with van der Waals surface area (Å²) < 4.78 is 3.86. The summed E-state index contributed by atoms with van der Waals surface area (Å²) in [5.74, 6) is 0.604. The van der Waals surface area contributed by atoms with E-state index in [-0.39, 0.29) is 5.69 Å². The van der Waals surface area contributed by atoms with Crippen LogP contribution in [0.5, 0.6) is 0 Å². The number of hydrogen-bond donors (Lipinski definition) is 1. The first kappa shape index (κ1) is 22.6. The molecule has 0 radical (unpaired) electrons. The van der Waals surface area contributed by atoms with Crippen molar-refractivity contribution in [3.63, 3.8) is 0 Å². The van der Waals surface area contributed by atoms with Crippen LogP contribution in [0.3, 0.4) is 0 Å². The molecule has 0 atom stereocenters. The smallest absolute Gasteiger partial charge is 0.296 e. The van der Waals surface area contributed by atoms with Crippen molar-refractivity contribution in [3.05, 3.63) is 70.0 Å². The molecule has 4 rings (SSSR count). The molecular weight excluding hydrogens is 414 g/mol. The van der Waals surface area contributed by atoms with Crippen LogP contribution < -0.4 is 5.69 Å². The summed E-state index contributed by atoms with van der Waals surface area (Å²) in [5, 5.41) is 14.2. The van der Waals surface area contributed by atoms with E-state index in [1.165, 1.54) is 6.42 Å². The minimum Gasteiger partial charge on any atom is -0.296 e. The van der Waals surface area contributed by atoms with E-state index >= 15 is 0 Å². The van der Waals surface area contributed by atoms with Crippen molar-refractivity contribution < 1.29 is 0 Å². The molecule has 1 aromatic carbocycles. The highest BCUT2D eigenvalue weighted by molar-refractivity contribution is 5.78. The maximum Gasteiger partial charge on any atom is 0.328 e. The van der Waals surface area contributed by atoms with Crippen LogP contribution in [0, 0.1) is 6.92 Å². The number of pyridine rings is 1. The highest BCUT2D eigenvalue weighted by atomic mass is 16.1. The number of imidazole rings is 1. The highest BCUT2D eigenvalue weighted by Gasteiger charge is 2.17. The molecule has 0 saturated carbocycles. The quantitative estimate of drug-likeness (QED) is 0.365. The first-order valence-corrected chi connectivity index (χ1v) is 11.7. The predicted molar refractivity (Wildman–Crippen MR) is 129 cm³/mol. The van der Waals surface area contributed by atoms with E-state index in [1.807, 2.05) is 51.7 Å². The lowest BCUT2D eigenvalue weighted by atomic mass is 10.0. The van der Waals surface area contributed by atoms with Gasteiger partial charge in [-0.3, -0.25) is 14.1 Å². The minimum atomic E-state index is 0.0769. The van der Waals surface area contributed by atoms with Crippen LogP contribution in [-0.4, -0.2) is 34.7 Å². The van der Waals surface area contributed by atoms with Gasteiger partial charge in [-0.1, -0.05) is 57.0 Å². The minimum absolute atomic E-state index is 0.0769. The third-order valence-electron chi connectivity index (χ3n) is 6.04. The molecule has 3 aromatic heterocycles. The Hall–Kier alpha value is -3.55. The van der Waals surface area contributed by atoms with Crippen molar-refractivity contribution in [2.24, 2.45) is 0 Å². The summed E-state index contributed by atoms with van der Waals surface area (Å²) in [5.41, 5.74) is 6.00. The Bertz CT molecular complexity index is 1240. The SMILES string of the molecule is CCCCCc1c(C)n(CCC)c(=O)n1Cc1ccc(-c2ccccc2-c2nnn[nH]2)nc1. The van der Waals surface area contributed by atoms with Gasteiger partial charge in [-0.2, -0.15) is 0 Å².